The Kier molecular flexibility index (Phi) is 4.38. The molecule has 0 aliphatic carbocycles. The molecule has 0 saturated heterocycles. The smallest absolute Gasteiger partial charge is 0.129 e. The Morgan fingerprint density at radius 2 is 1.55 bits per heavy atom. The van der Waals surface area contributed by atoms with Crippen LogP contribution >= 0.6 is 0 Å². The van der Waals surface area contributed by atoms with Crippen molar-refractivity contribution in [2.45, 2.75) is 33.1 Å². The van der Waals surface area contributed by atoms with Gasteiger partial charge in [0.2, 0.25) is 0 Å². The highest BCUT2D eigenvalue weighted by Crippen LogP contribution is 2.29. The van der Waals surface area contributed by atoms with Gasteiger partial charge in [-0.2, -0.15) is 0 Å². The Bertz CT molecular complexity index is 621. The first-order chi connectivity index (χ1) is 9.56. The summed E-state index contributed by atoms with van der Waals surface area (Å²) < 4.78 is 26.6. The molecule has 0 aliphatic heterocycles. The molecule has 2 aromatic rings. The standard InChI is InChI=1S/C17H18F2O/c1-3-11-5-6-13(17(20)15(11)4-2)9-12-7-8-14(18)10-16(12)19/h5-8,10,20H,3-4,9H2,1-2H3. The number of hydrogen-bond acceptors (Lipinski definition) is 1. The number of rotatable bonds is 4. The minimum Gasteiger partial charge on any atom is -0.507 e. The maximum Gasteiger partial charge on any atom is 0.129 e. The molecule has 2 rings (SSSR count). The van der Waals surface area contributed by atoms with Gasteiger partial charge < -0.3 is 5.11 Å². The Morgan fingerprint density at radius 1 is 0.900 bits per heavy atom. The van der Waals surface area contributed by atoms with Crippen molar-refractivity contribution in [1.82, 2.24) is 0 Å². The fourth-order valence-electron chi connectivity index (χ4n) is 2.47. The third kappa shape index (κ3) is 2.82. The summed E-state index contributed by atoms with van der Waals surface area (Å²) in [6, 6.07) is 7.30. The van der Waals surface area contributed by atoms with Crippen LogP contribution in [0.5, 0.6) is 5.75 Å². The second-order valence-electron chi connectivity index (χ2n) is 4.83. The topological polar surface area (TPSA) is 20.2 Å². The van der Waals surface area contributed by atoms with E-state index in [2.05, 4.69) is 0 Å². The van der Waals surface area contributed by atoms with Gasteiger partial charge in [0.25, 0.3) is 0 Å². The zero-order valence-corrected chi connectivity index (χ0v) is 11.7. The van der Waals surface area contributed by atoms with Crippen LogP contribution in [0, 0.1) is 11.6 Å². The van der Waals surface area contributed by atoms with E-state index in [9.17, 15) is 13.9 Å². The van der Waals surface area contributed by atoms with E-state index in [1.807, 2.05) is 26.0 Å². The lowest BCUT2D eigenvalue weighted by Crippen LogP contribution is -1.99. The van der Waals surface area contributed by atoms with E-state index in [-0.39, 0.29) is 12.2 Å². The van der Waals surface area contributed by atoms with Gasteiger partial charge in [0, 0.05) is 12.5 Å². The third-order valence-corrected chi connectivity index (χ3v) is 3.59. The van der Waals surface area contributed by atoms with Gasteiger partial charge in [0.05, 0.1) is 0 Å². The molecule has 1 nitrogen and oxygen atoms in total. The van der Waals surface area contributed by atoms with Crippen molar-refractivity contribution in [3.05, 3.63) is 64.2 Å². The molecule has 0 amide bonds. The lowest BCUT2D eigenvalue weighted by molar-refractivity contribution is 0.461. The summed E-state index contributed by atoms with van der Waals surface area (Å²) in [7, 11) is 0. The SMILES string of the molecule is CCc1ccc(Cc2ccc(F)cc2F)c(O)c1CC. The van der Waals surface area contributed by atoms with Crippen LogP contribution in [0.25, 0.3) is 0 Å². The largest absolute Gasteiger partial charge is 0.507 e. The molecular formula is C17H18F2O. The fourth-order valence-corrected chi connectivity index (χ4v) is 2.47. The summed E-state index contributed by atoms with van der Waals surface area (Å²) in [5, 5.41) is 10.3. The van der Waals surface area contributed by atoms with Gasteiger partial charge in [-0.3, -0.25) is 0 Å². The van der Waals surface area contributed by atoms with Crippen LogP contribution in [0.1, 0.15) is 36.1 Å². The average molecular weight is 276 g/mol. The number of phenols is 1. The Balaban J connectivity index is 2.39. The molecular weight excluding hydrogens is 258 g/mol. The minimum atomic E-state index is -0.592. The Labute approximate surface area is 117 Å². The highest BCUT2D eigenvalue weighted by atomic mass is 19.1. The van der Waals surface area contributed by atoms with Crippen LogP contribution in [-0.4, -0.2) is 5.11 Å². The zero-order chi connectivity index (χ0) is 14.7. The molecule has 0 unspecified atom stereocenters. The molecule has 0 spiro atoms. The van der Waals surface area contributed by atoms with Gasteiger partial charge in [0.15, 0.2) is 0 Å². The van der Waals surface area contributed by atoms with Crippen molar-refractivity contribution >= 4 is 0 Å². The monoisotopic (exact) mass is 276 g/mol. The van der Waals surface area contributed by atoms with E-state index >= 15 is 0 Å². The second-order valence-corrected chi connectivity index (χ2v) is 4.83. The molecule has 1 N–H and O–H groups in total. The number of halogens is 2. The first kappa shape index (κ1) is 14.5. The Morgan fingerprint density at radius 3 is 2.15 bits per heavy atom. The van der Waals surface area contributed by atoms with Gasteiger partial charge in [-0.15, -0.1) is 0 Å². The van der Waals surface area contributed by atoms with Crippen LogP contribution < -0.4 is 0 Å². The number of phenolic OH excluding ortho intramolecular Hbond substituents is 1. The predicted octanol–water partition coefficient (Wildman–Crippen LogP) is 4.39. The molecule has 0 heterocycles. The van der Waals surface area contributed by atoms with Crippen LogP contribution in [0.3, 0.4) is 0 Å². The van der Waals surface area contributed by atoms with Crippen molar-refractivity contribution < 1.29 is 13.9 Å². The first-order valence-electron chi connectivity index (χ1n) is 6.83. The lowest BCUT2D eigenvalue weighted by Gasteiger charge is -2.13. The lowest BCUT2D eigenvalue weighted by atomic mass is 9.95. The van der Waals surface area contributed by atoms with Crippen molar-refractivity contribution in [3.8, 4) is 5.75 Å². The third-order valence-electron chi connectivity index (χ3n) is 3.59. The van der Waals surface area contributed by atoms with Crippen molar-refractivity contribution in [3.63, 3.8) is 0 Å². The van der Waals surface area contributed by atoms with E-state index in [1.165, 1.54) is 12.1 Å². The number of benzene rings is 2. The number of hydrogen-bond donors (Lipinski definition) is 1. The maximum atomic E-state index is 13.7. The molecule has 0 bridgehead atoms. The predicted molar refractivity (Wildman–Crippen MR) is 76.0 cm³/mol. The van der Waals surface area contributed by atoms with E-state index in [0.717, 1.165) is 30.0 Å². The van der Waals surface area contributed by atoms with Crippen LogP contribution in [-0.2, 0) is 19.3 Å². The van der Waals surface area contributed by atoms with Gasteiger partial charge >= 0.3 is 0 Å². The fraction of sp³-hybridized carbons (Fsp3) is 0.294. The molecule has 0 saturated carbocycles. The van der Waals surface area contributed by atoms with Gasteiger partial charge in [-0.25, -0.2) is 8.78 Å². The van der Waals surface area contributed by atoms with Gasteiger partial charge in [-0.1, -0.05) is 32.0 Å². The van der Waals surface area contributed by atoms with Crippen molar-refractivity contribution in [2.75, 3.05) is 0 Å². The molecule has 3 heteroatoms. The minimum absolute atomic E-state index is 0.232. The zero-order valence-electron chi connectivity index (χ0n) is 11.7. The highest BCUT2D eigenvalue weighted by Gasteiger charge is 2.12. The van der Waals surface area contributed by atoms with Crippen LogP contribution in [0.4, 0.5) is 8.78 Å². The van der Waals surface area contributed by atoms with E-state index < -0.39 is 11.6 Å². The summed E-state index contributed by atoms with van der Waals surface area (Å²) in [5.74, 6) is -0.941. The molecule has 0 atom stereocenters. The molecule has 106 valence electrons. The molecule has 2 aromatic carbocycles. The molecule has 20 heavy (non-hydrogen) atoms. The number of aryl methyl sites for hydroxylation is 1. The highest BCUT2D eigenvalue weighted by molar-refractivity contribution is 5.47. The Hall–Kier alpha value is -1.90. The maximum absolute atomic E-state index is 13.7. The summed E-state index contributed by atoms with van der Waals surface area (Å²) >= 11 is 0. The summed E-state index contributed by atoms with van der Waals surface area (Å²) in [6.45, 7) is 4.02. The van der Waals surface area contributed by atoms with Crippen molar-refractivity contribution in [2.24, 2.45) is 0 Å². The quantitative estimate of drug-likeness (QED) is 0.878. The van der Waals surface area contributed by atoms with Crippen molar-refractivity contribution in [1.29, 1.82) is 0 Å². The summed E-state index contributed by atoms with van der Waals surface area (Å²) in [4.78, 5) is 0. The van der Waals surface area contributed by atoms with Gasteiger partial charge in [0.1, 0.15) is 17.4 Å². The molecule has 0 aliphatic rings. The van der Waals surface area contributed by atoms with E-state index in [0.29, 0.717) is 11.1 Å². The summed E-state index contributed by atoms with van der Waals surface area (Å²) in [5.41, 5.74) is 3.07. The van der Waals surface area contributed by atoms with Crippen LogP contribution in [0.2, 0.25) is 0 Å². The normalized spacial score (nSPS) is 10.8. The second kappa shape index (κ2) is 6.04. The first-order valence-corrected chi connectivity index (χ1v) is 6.83. The molecule has 0 radical (unpaired) electrons. The van der Waals surface area contributed by atoms with Crippen LogP contribution in [0.15, 0.2) is 30.3 Å². The molecule has 0 fully saturated rings. The van der Waals surface area contributed by atoms with E-state index in [4.69, 9.17) is 0 Å². The average Bonchev–Trinajstić information content (AvgIpc) is 2.43. The van der Waals surface area contributed by atoms with E-state index in [1.54, 1.807) is 0 Å². The number of aromatic hydroxyl groups is 1. The van der Waals surface area contributed by atoms with Gasteiger partial charge in [-0.05, 0) is 41.2 Å². The molecule has 0 aromatic heterocycles. The summed E-state index contributed by atoms with van der Waals surface area (Å²) in [6.07, 6.45) is 1.84.